The number of sulfonamides is 1. The first-order chi connectivity index (χ1) is 12.3. The zero-order chi connectivity index (χ0) is 19.3. The number of hydrogen-bond donors (Lipinski definition) is 1. The van der Waals surface area contributed by atoms with Gasteiger partial charge in [-0.05, 0) is 18.1 Å². The second-order valence-corrected chi connectivity index (χ2v) is 7.98. The summed E-state index contributed by atoms with van der Waals surface area (Å²) in [5.74, 6) is 0.0804. The van der Waals surface area contributed by atoms with E-state index in [1.807, 2.05) is 0 Å². The van der Waals surface area contributed by atoms with Crippen molar-refractivity contribution < 1.29 is 27.4 Å². The number of benzene rings is 1. The van der Waals surface area contributed by atoms with Crippen LogP contribution in [0.15, 0.2) is 23.1 Å². The Labute approximate surface area is 154 Å². The summed E-state index contributed by atoms with van der Waals surface area (Å²) in [6.45, 7) is 5.40. The Morgan fingerprint density at radius 2 is 1.85 bits per heavy atom. The highest BCUT2D eigenvalue weighted by atomic mass is 32.2. The molecule has 0 bridgehead atoms. The van der Waals surface area contributed by atoms with Crippen molar-refractivity contribution in [2.24, 2.45) is 5.92 Å². The van der Waals surface area contributed by atoms with Crippen LogP contribution in [-0.2, 0) is 19.6 Å². The third-order valence-corrected chi connectivity index (χ3v) is 5.66. The predicted molar refractivity (Wildman–Crippen MR) is 95.9 cm³/mol. The zero-order valence-corrected chi connectivity index (χ0v) is 16.3. The smallest absolute Gasteiger partial charge is 0.245 e. The van der Waals surface area contributed by atoms with Gasteiger partial charge in [0.05, 0.1) is 27.4 Å². The molecule has 0 spiro atoms. The lowest BCUT2D eigenvalue weighted by Crippen LogP contribution is -2.53. The Hall–Kier alpha value is -1.84. The first-order valence-electron chi connectivity index (χ1n) is 8.41. The van der Waals surface area contributed by atoms with Crippen LogP contribution in [-0.4, -0.2) is 65.8 Å². The molecule has 0 unspecified atom stereocenters. The predicted octanol–water partition coefficient (Wildman–Crippen LogP) is 0.866. The second-order valence-electron chi connectivity index (χ2n) is 6.30. The summed E-state index contributed by atoms with van der Waals surface area (Å²) in [5.41, 5.74) is 0. The van der Waals surface area contributed by atoms with Crippen molar-refractivity contribution in [2.75, 3.05) is 40.5 Å². The number of nitrogens with zero attached hydrogens (tertiary/aromatic N) is 1. The average molecular weight is 386 g/mol. The first kappa shape index (κ1) is 20.5. The van der Waals surface area contributed by atoms with Crippen LogP contribution in [0.1, 0.15) is 13.8 Å². The SMILES string of the molecule is COc1ccc(OC)c(S(=O)(=O)N[C@H](C(=O)N2CCOCC2)C(C)C)c1. The number of carbonyl (C=O) groups excluding carboxylic acids is 1. The third-order valence-electron chi connectivity index (χ3n) is 4.20. The van der Waals surface area contributed by atoms with E-state index in [2.05, 4.69) is 4.72 Å². The summed E-state index contributed by atoms with van der Waals surface area (Å²) in [6, 6.07) is 3.62. The van der Waals surface area contributed by atoms with Gasteiger partial charge in [-0.15, -0.1) is 0 Å². The van der Waals surface area contributed by atoms with Gasteiger partial charge in [0, 0.05) is 19.2 Å². The molecule has 1 amide bonds. The molecule has 1 N–H and O–H groups in total. The fourth-order valence-corrected chi connectivity index (χ4v) is 4.20. The minimum Gasteiger partial charge on any atom is -0.497 e. The molecular weight excluding hydrogens is 360 g/mol. The van der Waals surface area contributed by atoms with Gasteiger partial charge in [0.2, 0.25) is 15.9 Å². The van der Waals surface area contributed by atoms with Gasteiger partial charge in [0.15, 0.2) is 0 Å². The molecule has 2 rings (SSSR count). The van der Waals surface area contributed by atoms with Crippen LogP contribution in [0.5, 0.6) is 11.5 Å². The lowest BCUT2D eigenvalue weighted by molar-refractivity contribution is -0.138. The largest absolute Gasteiger partial charge is 0.497 e. The Morgan fingerprint density at radius 1 is 1.19 bits per heavy atom. The van der Waals surface area contributed by atoms with Crippen LogP contribution in [0.3, 0.4) is 0 Å². The standard InChI is InChI=1S/C17H26N2O6S/c1-12(2)16(17(20)19-7-9-25-10-8-19)18-26(21,22)15-11-13(23-3)5-6-14(15)24-4/h5-6,11-12,16,18H,7-10H2,1-4H3/t16-/m0/s1. The van der Waals surface area contributed by atoms with Gasteiger partial charge in [-0.3, -0.25) is 4.79 Å². The summed E-state index contributed by atoms with van der Waals surface area (Å²) in [4.78, 5) is 14.4. The summed E-state index contributed by atoms with van der Waals surface area (Å²) in [7, 11) is -1.16. The van der Waals surface area contributed by atoms with Crippen molar-refractivity contribution >= 4 is 15.9 Å². The highest BCUT2D eigenvalue weighted by molar-refractivity contribution is 7.89. The van der Waals surface area contributed by atoms with E-state index in [0.29, 0.717) is 32.1 Å². The molecule has 1 aliphatic heterocycles. The van der Waals surface area contributed by atoms with E-state index >= 15 is 0 Å². The number of hydrogen-bond acceptors (Lipinski definition) is 6. The number of carbonyl (C=O) groups is 1. The minimum absolute atomic E-state index is 0.0697. The van der Waals surface area contributed by atoms with Gasteiger partial charge in [0.25, 0.3) is 0 Å². The molecule has 26 heavy (non-hydrogen) atoms. The quantitative estimate of drug-likeness (QED) is 0.747. The molecule has 1 saturated heterocycles. The van der Waals surface area contributed by atoms with Gasteiger partial charge in [-0.2, -0.15) is 4.72 Å². The van der Waals surface area contributed by atoms with Crippen molar-refractivity contribution in [3.63, 3.8) is 0 Å². The normalized spacial score (nSPS) is 16.4. The summed E-state index contributed by atoms with van der Waals surface area (Å²) >= 11 is 0. The second kappa shape index (κ2) is 8.70. The van der Waals surface area contributed by atoms with Crippen LogP contribution in [0.4, 0.5) is 0 Å². The monoisotopic (exact) mass is 386 g/mol. The van der Waals surface area contributed by atoms with Crippen LogP contribution in [0.25, 0.3) is 0 Å². The van der Waals surface area contributed by atoms with Crippen molar-refractivity contribution in [2.45, 2.75) is 24.8 Å². The fraction of sp³-hybridized carbons (Fsp3) is 0.588. The summed E-state index contributed by atoms with van der Waals surface area (Å²) in [5, 5.41) is 0. The van der Waals surface area contributed by atoms with E-state index in [4.69, 9.17) is 14.2 Å². The van der Waals surface area contributed by atoms with Gasteiger partial charge >= 0.3 is 0 Å². The van der Waals surface area contributed by atoms with Crippen LogP contribution in [0, 0.1) is 5.92 Å². The fourth-order valence-electron chi connectivity index (χ4n) is 2.68. The highest BCUT2D eigenvalue weighted by Gasteiger charge is 2.33. The maximum atomic E-state index is 12.9. The molecule has 8 nitrogen and oxygen atoms in total. The van der Waals surface area contributed by atoms with E-state index in [0.717, 1.165) is 0 Å². The van der Waals surface area contributed by atoms with Crippen LogP contribution in [0.2, 0.25) is 0 Å². The molecule has 0 aromatic heterocycles. The topological polar surface area (TPSA) is 94.2 Å². The third kappa shape index (κ3) is 4.66. The number of methoxy groups -OCH3 is 2. The van der Waals surface area contributed by atoms with Gasteiger partial charge in [0.1, 0.15) is 22.4 Å². The number of amides is 1. The van der Waals surface area contributed by atoms with Gasteiger partial charge in [-0.1, -0.05) is 13.8 Å². The molecular formula is C17H26N2O6S. The number of nitrogens with one attached hydrogen (secondary N) is 1. The summed E-state index contributed by atoms with van der Waals surface area (Å²) in [6.07, 6.45) is 0. The number of ether oxygens (including phenoxy) is 3. The van der Waals surface area contributed by atoms with E-state index < -0.39 is 16.1 Å². The Bertz CT molecular complexity index is 729. The molecule has 1 heterocycles. The lowest BCUT2D eigenvalue weighted by Gasteiger charge is -2.32. The van der Waals surface area contributed by atoms with E-state index in [1.165, 1.54) is 26.4 Å². The Kier molecular flexibility index (Phi) is 6.85. The maximum absolute atomic E-state index is 12.9. The van der Waals surface area contributed by atoms with E-state index in [-0.39, 0.29) is 22.5 Å². The molecule has 146 valence electrons. The molecule has 9 heteroatoms. The molecule has 1 aromatic carbocycles. The van der Waals surface area contributed by atoms with Crippen LogP contribution < -0.4 is 14.2 Å². The molecule has 1 atom stereocenters. The first-order valence-corrected chi connectivity index (χ1v) is 9.89. The summed E-state index contributed by atoms with van der Waals surface area (Å²) < 4.78 is 43.9. The van der Waals surface area contributed by atoms with Crippen LogP contribution >= 0.6 is 0 Å². The molecule has 0 aliphatic carbocycles. The minimum atomic E-state index is -4.00. The highest BCUT2D eigenvalue weighted by Crippen LogP contribution is 2.28. The Morgan fingerprint density at radius 3 is 2.38 bits per heavy atom. The van der Waals surface area contributed by atoms with Crippen molar-refractivity contribution in [3.8, 4) is 11.5 Å². The van der Waals surface area contributed by atoms with Gasteiger partial charge in [-0.25, -0.2) is 8.42 Å². The number of rotatable bonds is 7. The van der Waals surface area contributed by atoms with Crippen molar-refractivity contribution in [3.05, 3.63) is 18.2 Å². The maximum Gasteiger partial charge on any atom is 0.245 e. The lowest BCUT2D eigenvalue weighted by atomic mass is 10.0. The van der Waals surface area contributed by atoms with E-state index in [1.54, 1.807) is 24.8 Å². The number of morpholine rings is 1. The molecule has 0 saturated carbocycles. The average Bonchev–Trinajstić information content (AvgIpc) is 2.65. The zero-order valence-electron chi connectivity index (χ0n) is 15.5. The molecule has 1 aromatic rings. The molecule has 1 fully saturated rings. The molecule has 0 radical (unpaired) electrons. The van der Waals surface area contributed by atoms with Crippen molar-refractivity contribution in [1.82, 2.24) is 9.62 Å². The van der Waals surface area contributed by atoms with Crippen molar-refractivity contribution in [1.29, 1.82) is 0 Å². The van der Waals surface area contributed by atoms with Gasteiger partial charge < -0.3 is 19.1 Å². The van der Waals surface area contributed by atoms with E-state index in [9.17, 15) is 13.2 Å². The molecule has 1 aliphatic rings. The Balaban J connectivity index is 2.31.